The van der Waals surface area contributed by atoms with Gasteiger partial charge in [-0.25, -0.2) is 0 Å². The van der Waals surface area contributed by atoms with Crippen LogP contribution in [-0.4, -0.2) is 16.9 Å². The summed E-state index contributed by atoms with van der Waals surface area (Å²) in [7, 11) is 0. The van der Waals surface area contributed by atoms with E-state index >= 15 is 0 Å². The molecule has 138 valence electrons. The van der Waals surface area contributed by atoms with Gasteiger partial charge in [-0.1, -0.05) is 72.8 Å². The van der Waals surface area contributed by atoms with Gasteiger partial charge in [-0.15, -0.1) is 0 Å². The lowest BCUT2D eigenvalue weighted by Gasteiger charge is -2.30. The lowest BCUT2D eigenvalue weighted by molar-refractivity contribution is -0.120. The minimum absolute atomic E-state index is 0.0986. The molecule has 1 aliphatic heterocycles. The number of nitrogens with one attached hydrogen (secondary N) is 2. The number of aromatic nitrogens is 1. The Bertz CT molecular complexity index is 1150. The minimum Gasteiger partial charge on any atom is -0.368 e. The van der Waals surface area contributed by atoms with E-state index in [1.807, 2.05) is 30.3 Å². The molecule has 0 saturated heterocycles. The number of aromatic amines is 1. The summed E-state index contributed by atoms with van der Waals surface area (Å²) in [5.74, 6) is -0.318. The van der Waals surface area contributed by atoms with Crippen molar-refractivity contribution in [1.82, 2.24) is 10.3 Å². The number of hydrogen-bond acceptors (Lipinski definition) is 2. The number of nitrogens with two attached hydrogens (primary N) is 1. The van der Waals surface area contributed by atoms with Gasteiger partial charge < -0.3 is 10.7 Å². The number of primary amides is 1. The molecule has 1 amide bonds. The fraction of sp³-hybridized carbons (Fsp3) is 0.125. The molecule has 0 spiro atoms. The molecule has 4 nitrogen and oxygen atoms in total. The maximum absolute atomic E-state index is 12.0. The molecular formula is C24H21N3O. The monoisotopic (exact) mass is 367 g/mol. The second kappa shape index (κ2) is 6.66. The first-order valence-corrected chi connectivity index (χ1v) is 9.51. The SMILES string of the molecule is NC(=O)[C@@H]1Cc2c([nH]c3ccccc23)[C@@H](c2ccc(-c3ccccc3)cc2)N1. The first-order chi connectivity index (χ1) is 13.7. The molecule has 1 aliphatic rings. The molecule has 0 unspecified atom stereocenters. The molecule has 0 saturated carbocycles. The normalized spacial score (nSPS) is 18.7. The molecule has 2 atom stereocenters. The van der Waals surface area contributed by atoms with Crippen LogP contribution < -0.4 is 11.1 Å². The Hall–Kier alpha value is -3.37. The topological polar surface area (TPSA) is 70.9 Å². The third-order valence-electron chi connectivity index (χ3n) is 5.61. The summed E-state index contributed by atoms with van der Waals surface area (Å²) >= 11 is 0. The van der Waals surface area contributed by atoms with E-state index in [0.29, 0.717) is 6.42 Å². The zero-order valence-corrected chi connectivity index (χ0v) is 15.4. The van der Waals surface area contributed by atoms with Crippen LogP contribution in [0.2, 0.25) is 0 Å². The summed E-state index contributed by atoms with van der Waals surface area (Å²) in [6.45, 7) is 0. The van der Waals surface area contributed by atoms with Crippen molar-refractivity contribution >= 4 is 16.8 Å². The van der Waals surface area contributed by atoms with Crippen LogP contribution in [-0.2, 0) is 11.2 Å². The van der Waals surface area contributed by atoms with Gasteiger partial charge >= 0.3 is 0 Å². The van der Waals surface area contributed by atoms with Crippen molar-refractivity contribution in [3.63, 3.8) is 0 Å². The van der Waals surface area contributed by atoms with Crippen molar-refractivity contribution in [3.05, 3.63) is 95.7 Å². The highest BCUT2D eigenvalue weighted by molar-refractivity contribution is 5.88. The van der Waals surface area contributed by atoms with Crippen LogP contribution in [0.4, 0.5) is 0 Å². The molecule has 28 heavy (non-hydrogen) atoms. The molecule has 0 bridgehead atoms. The molecule has 2 heterocycles. The fourth-order valence-electron chi connectivity index (χ4n) is 4.18. The van der Waals surface area contributed by atoms with Crippen LogP contribution >= 0.6 is 0 Å². The molecule has 3 aromatic carbocycles. The zero-order valence-electron chi connectivity index (χ0n) is 15.4. The maximum atomic E-state index is 12.0. The number of carbonyl (C=O) groups is 1. The molecule has 4 N–H and O–H groups in total. The average molecular weight is 367 g/mol. The van der Waals surface area contributed by atoms with Gasteiger partial charge in [0.1, 0.15) is 0 Å². The number of carbonyl (C=O) groups excluding carboxylic acids is 1. The molecule has 4 aromatic rings. The highest BCUT2D eigenvalue weighted by atomic mass is 16.1. The fourth-order valence-corrected chi connectivity index (χ4v) is 4.18. The molecule has 5 rings (SSSR count). The Morgan fingerprint density at radius 1 is 0.857 bits per heavy atom. The van der Waals surface area contributed by atoms with E-state index in [1.165, 1.54) is 16.7 Å². The van der Waals surface area contributed by atoms with Gasteiger partial charge in [-0.05, 0) is 34.7 Å². The number of benzene rings is 3. The second-order valence-corrected chi connectivity index (χ2v) is 7.31. The van der Waals surface area contributed by atoms with E-state index in [-0.39, 0.29) is 18.0 Å². The van der Waals surface area contributed by atoms with Gasteiger partial charge in [-0.2, -0.15) is 0 Å². The average Bonchev–Trinajstić information content (AvgIpc) is 3.12. The predicted octanol–water partition coefficient (Wildman–Crippen LogP) is 3.92. The van der Waals surface area contributed by atoms with Gasteiger partial charge in [-0.3, -0.25) is 10.1 Å². The van der Waals surface area contributed by atoms with E-state index in [2.05, 4.69) is 58.8 Å². The summed E-state index contributed by atoms with van der Waals surface area (Å²) in [6, 6.07) is 26.6. The summed E-state index contributed by atoms with van der Waals surface area (Å²) in [5.41, 5.74) is 12.5. The van der Waals surface area contributed by atoms with Crippen LogP contribution in [0.5, 0.6) is 0 Å². The summed E-state index contributed by atoms with van der Waals surface area (Å²) in [5, 5.41) is 4.60. The Morgan fingerprint density at radius 2 is 1.54 bits per heavy atom. The zero-order chi connectivity index (χ0) is 19.1. The van der Waals surface area contributed by atoms with Crippen molar-refractivity contribution in [2.24, 2.45) is 5.73 Å². The number of amides is 1. The van der Waals surface area contributed by atoms with Crippen molar-refractivity contribution in [1.29, 1.82) is 0 Å². The van der Waals surface area contributed by atoms with E-state index in [0.717, 1.165) is 22.2 Å². The molecule has 4 heteroatoms. The third-order valence-corrected chi connectivity index (χ3v) is 5.61. The summed E-state index contributed by atoms with van der Waals surface area (Å²) < 4.78 is 0. The number of fused-ring (bicyclic) bond motifs is 3. The Labute approximate surface area is 163 Å². The minimum atomic E-state index is -0.384. The van der Waals surface area contributed by atoms with Crippen molar-refractivity contribution in [3.8, 4) is 11.1 Å². The maximum Gasteiger partial charge on any atom is 0.234 e. The van der Waals surface area contributed by atoms with Gasteiger partial charge in [0.25, 0.3) is 0 Å². The van der Waals surface area contributed by atoms with Crippen LogP contribution in [0.1, 0.15) is 22.9 Å². The van der Waals surface area contributed by atoms with E-state index < -0.39 is 0 Å². The first kappa shape index (κ1) is 16.8. The summed E-state index contributed by atoms with van der Waals surface area (Å²) in [4.78, 5) is 15.5. The van der Waals surface area contributed by atoms with Gasteiger partial charge in [0.15, 0.2) is 0 Å². The molecule has 0 radical (unpaired) electrons. The Balaban J connectivity index is 1.58. The van der Waals surface area contributed by atoms with Crippen LogP contribution in [0.3, 0.4) is 0 Å². The van der Waals surface area contributed by atoms with Crippen molar-refractivity contribution in [2.75, 3.05) is 0 Å². The van der Waals surface area contributed by atoms with Crippen molar-refractivity contribution < 1.29 is 4.79 Å². The standard InChI is InChI=1S/C24H21N3O/c25-24(28)21-14-19-18-8-4-5-9-20(18)26-23(19)22(27-21)17-12-10-16(11-13-17)15-6-2-1-3-7-15/h1-13,21-22,26-27H,14H2,(H2,25,28)/t21-,22+/m0/s1. The second-order valence-electron chi connectivity index (χ2n) is 7.31. The Morgan fingerprint density at radius 3 is 2.29 bits per heavy atom. The van der Waals surface area contributed by atoms with E-state index in [4.69, 9.17) is 5.73 Å². The smallest absolute Gasteiger partial charge is 0.234 e. The highest BCUT2D eigenvalue weighted by Crippen LogP contribution is 2.35. The van der Waals surface area contributed by atoms with E-state index in [9.17, 15) is 4.79 Å². The van der Waals surface area contributed by atoms with Crippen molar-refractivity contribution in [2.45, 2.75) is 18.5 Å². The molecule has 1 aromatic heterocycles. The van der Waals surface area contributed by atoms with Gasteiger partial charge in [0.05, 0.1) is 12.1 Å². The third kappa shape index (κ3) is 2.79. The predicted molar refractivity (Wildman–Crippen MR) is 112 cm³/mol. The van der Waals surface area contributed by atoms with E-state index in [1.54, 1.807) is 0 Å². The lowest BCUT2D eigenvalue weighted by atomic mass is 9.89. The van der Waals surface area contributed by atoms with Crippen LogP contribution in [0.25, 0.3) is 22.0 Å². The first-order valence-electron chi connectivity index (χ1n) is 9.51. The highest BCUT2D eigenvalue weighted by Gasteiger charge is 2.32. The number of rotatable bonds is 3. The number of para-hydroxylation sites is 1. The summed E-state index contributed by atoms with van der Waals surface area (Å²) in [6.07, 6.45) is 0.604. The number of hydrogen-bond donors (Lipinski definition) is 3. The molecule has 0 aliphatic carbocycles. The number of H-pyrrole nitrogens is 1. The van der Waals surface area contributed by atoms with Gasteiger partial charge in [0, 0.05) is 16.6 Å². The molecule has 0 fully saturated rings. The Kier molecular flexibility index (Phi) is 3.99. The largest absolute Gasteiger partial charge is 0.368 e. The molecular weight excluding hydrogens is 346 g/mol. The lowest BCUT2D eigenvalue weighted by Crippen LogP contribution is -2.48. The van der Waals surface area contributed by atoms with Crippen LogP contribution in [0, 0.1) is 0 Å². The van der Waals surface area contributed by atoms with Gasteiger partial charge in [0.2, 0.25) is 5.91 Å². The quantitative estimate of drug-likeness (QED) is 0.513. The van der Waals surface area contributed by atoms with Crippen LogP contribution in [0.15, 0.2) is 78.9 Å².